The summed E-state index contributed by atoms with van der Waals surface area (Å²) in [5.41, 5.74) is 5.57. The highest BCUT2D eigenvalue weighted by Gasteiger charge is 2.31. The van der Waals surface area contributed by atoms with Crippen LogP contribution in [-0.2, 0) is 6.42 Å². The van der Waals surface area contributed by atoms with Crippen LogP contribution in [-0.4, -0.2) is 22.0 Å². The van der Waals surface area contributed by atoms with Crippen LogP contribution in [0.1, 0.15) is 46.6 Å². The molecular weight excluding hydrogens is 264 g/mol. The molecule has 2 unspecified atom stereocenters. The van der Waals surface area contributed by atoms with Crippen LogP contribution in [0.4, 0.5) is 0 Å². The van der Waals surface area contributed by atoms with E-state index in [2.05, 4.69) is 18.9 Å². The molecule has 2 atom stereocenters. The molecule has 0 amide bonds. The Morgan fingerprint density at radius 3 is 2.67 bits per heavy atom. The van der Waals surface area contributed by atoms with Crippen LogP contribution in [0.15, 0.2) is 18.2 Å². The molecule has 1 aromatic heterocycles. The zero-order chi connectivity index (χ0) is 15.1. The van der Waals surface area contributed by atoms with E-state index in [4.69, 9.17) is 4.74 Å². The lowest BCUT2D eigenvalue weighted by atomic mass is 9.85. The molecule has 1 N–H and O–H groups in total. The van der Waals surface area contributed by atoms with E-state index in [9.17, 15) is 5.11 Å². The van der Waals surface area contributed by atoms with E-state index in [1.807, 2.05) is 29.8 Å². The molecule has 1 aromatic carbocycles. The number of fused-ring (bicyclic) bond motifs is 1. The van der Waals surface area contributed by atoms with E-state index in [0.717, 1.165) is 35.5 Å². The molecule has 1 aliphatic carbocycles. The SMILES string of the molecule is COc1ccc2c(c1)CCC(n1nc(C)c(C)c1C)C2O. The third-order valence-corrected chi connectivity index (χ3v) is 4.74. The van der Waals surface area contributed by atoms with Crippen LogP contribution in [0.25, 0.3) is 0 Å². The summed E-state index contributed by atoms with van der Waals surface area (Å²) < 4.78 is 7.27. The lowest BCUT2D eigenvalue weighted by Gasteiger charge is -2.31. The predicted molar refractivity (Wildman–Crippen MR) is 81.7 cm³/mol. The third-order valence-electron chi connectivity index (χ3n) is 4.74. The number of aryl methyl sites for hydroxylation is 2. The maximum Gasteiger partial charge on any atom is 0.119 e. The topological polar surface area (TPSA) is 47.3 Å². The minimum atomic E-state index is -0.517. The highest BCUT2D eigenvalue weighted by molar-refractivity contribution is 5.39. The van der Waals surface area contributed by atoms with Gasteiger partial charge in [0.15, 0.2) is 0 Å². The van der Waals surface area contributed by atoms with Gasteiger partial charge in [0.05, 0.1) is 18.8 Å². The summed E-state index contributed by atoms with van der Waals surface area (Å²) in [4.78, 5) is 0. The first kappa shape index (κ1) is 14.1. The quantitative estimate of drug-likeness (QED) is 0.923. The van der Waals surface area contributed by atoms with Gasteiger partial charge in [-0.05, 0) is 62.4 Å². The number of aliphatic hydroxyl groups is 1. The lowest BCUT2D eigenvalue weighted by Crippen LogP contribution is -2.25. The van der Waals surface area contributed by atoms with E-state index in [1.54, 1.807) is 7.11 Å². The molecule has 4 heteroatoms. The highest BCUT2D eigenvalue weighted by atomic mass is 16.5. The summed E-state index contributed by atoms with van der Waals surface area (Å²) >= 11 is 0. The maximum absolute atomic E-state index is 10.8. The van der Waals surface area contributed by atoms with Gasteiger partial charge in [-0.3, -0.25) is 4.68 Å². The van der Waals surface area contributed by atoms with E-state index in [-0.39, 0.29) is 6.04 Å². The summed E-state index contributed by atoms with van der Waals surface area (Å²) in [5, 5.41) is 15.4. The Morgan fingerprint density at radius 2 is 2.05 bits per heavy atom. The fourth-order valence-corrected chi connectivity index (χ4v) is 3.21. The molecule has 0 fully saturated rings. The number of nitrogens with zero attached hydrogens (tertiary/aromatic N) is 2. The maximum atomic E-state index is 10.8. The van der Waals surface area contributed by atoms with Crippen LogP contribution in [0.3, 0.4) is 0 Å². The molecule has 4 nitrogen and oxygen atoms in total. The smallest absolute Gasteiger partial charge is 0.119 e. The molecule has 0 radical (unpaired) electrons. The number of aliphatic hydroxyl groups excluding tert-OH is 1. The Labute approximate surface area is 125 Å². The molecule has 3 rings (SSSR count). The van der Waals surface area contributed by atoms with Gasteiger partial charge >= 0.3 is 0 Å². The van der Waals surface area contributed by atoms with Crippen molar-refractivity contribution in [1.82, 2.24) is 9.78 Å². The van der Waals surface area contributed by atoms with Crippen molar-refractivity contribution in [2.45, 2.75) is 45.8 Å². The van der Waals surface area contributed by atoms with Gasteiger partial charge in [0.25, 0.3) is 0 Å². The molecule has 1 aliphatic rings. The summed E-state index contributed by atoms with van der Waals surface area (Å²) in [6, 6.07) is 5.93. The number of hydrogen-bond donors (Lipinski definition) is 1. The Morgan fingerprint density at radius 1 is 1.29 bits per heavy atom. The van der Waals surface area contributed by atoms with Gasteiger partial charge in [-0.1, -0.05) is 6.07 Å². The van der Waals surface area contributed by atoms with Gasteiger partial charge in [-0.15, -0.1) is 0 Å². The molecule has 0 bridgehead atoms. The molecule has 2 aromatic rings. The molecule has 21 heavy (non-hydrogen) atoms. The number of aromatic nitrogens is 2. The Hall–Kier alpha value is -1.81. The van der Waals surface area contributed by atoms with Crippen molar-refractivity contribution >= 4 is 0 Å². The second-order valence-electron chi connectivity index (χ2n) is 5.86. The number of ether oxygens (including phenoxy) is 1. The standard InChI is InChI=1S/C17H22N2O2/c1-10-11(2)18-19(12(10)3)16-8-5-13-9-14(21-4)6-7-15(13)17(16)20/h6-7,9,16-17,20H,5,8H2,1-4H3. The first-order valence-electron chi connectivity index (χ1n) is 7.40. The van der Waals surface area contributed by atoms with Gasteiger partial charge in [0.1, 0.15) is 11.9 Å². The molecule has 0 aliphatic heterocycles. The lowest BCUT2D eigenvalue weighted by molar-refractivity contribution is 0.0907. The van der Waals surface area contributed by atoms with E-state index >= 15 is 0 Å². The normalized spacial score (nSPS) is 21.2. The van der Waals surface area contributed by atoms with Crippen LogP contribution in [0.2, 0.25) is 0 Å². The van der Waals surface area contributed by atoms with E-state index in [1.165, 1.54) is 11.1 Å². The van der Waals surface area contributed by atoms with Crippen molar-refractivity contribution in [3.8, 4) is 5.75 Å². The molecule has 0 spiro atoms. The van der Waals surface area contributed by atoms with Crippen molar-refractivity contribution in [3.05, 3.63) is 46.3 Å². The van der Waals surface area contributed by atoms with Crippen LogP contribution >= 0.6 is 0 Å². The summed E-state index contributed by atoms with van der Waals surface area (Å²) in [6.45, 7) is 6.18. The molecule has 112 valence electrons. The van der Waals surface area contributed by atoms with Crippen LogP contribution in [0.5, 0.6) is 5.75 Å². The Kier molecular flexibility index (Phi) is 3.49. The average molecular weight is 286 g/mol. The van der Waals surface area contributed by atoms with Crippen molar-refractivity contribution in [3.63, 3.8) is 0 Å². The summed E-state index contributed by atoms with van der Waals surface area (Å²) in [6.07, 6.45) is 1.31. The summed E-state index contributed by atoms with van der Waals surface area (Å²) in [7, 11) is 1.67. The number of hydrogen-bond acceptors (Lipinski definition) is 3. The number of methoxy groups -OCH3 is 1. The second-order valence-corrected chi connectivity index (χ2v) is 5.86. The van der Waals surface area contributed by atoms with Crippen molar-refractivity contribution in [2.75, 3.05) is 7.11 Å². The van der Waals surface area contributed by atoms with Crippen LogP contribution in [0, 0.1) is 20.8 Å². The average Bonchev–Trinajstić information content (AvgIpc) is 2.75. The molecule has 1 heterocycles. The van der Waals surface area contributed by atoms with Gasteiger partial charge < -0.3 is 9.84 Å². The first-order chi connectivity index (χ1) is 10.0. The number of benzene rings is 1. The fourth-order valence-electron chi connectivity index (χ4n) is 3.21. The highest BCUT2D eigenvalue weighted by Crippen LogP contribution is 2.39. The van der Waals surface area contributed by atoms with Gasteiger partial charge in [0.2, 0.25) is 0 Å². The minimum Gasteiger partial charge on any atom is -0.497 e. The van der Waals surface area contributed by atoms with Crippen molar-refractivity contribution in [1.29, 1.82) is 0 Å². The monoisotopic (exact) mass is 286 g/mol. The third kappa shape index (κ3) is 2.23. The van der Waals surface area contributed by atoms with Crippen molar-refractivity contribution < 1.29 is 9.84 Å². The second kappa shape index (κ2) is 5.19. The minimum absolute atomic E-state index is 0.0123. The zero-order valence-corrected chi connectivity index (χ0v) is 13.1. The largest absolute Gasteiger partial charge is 0.497 e. The molecular formula is C17H22N2O2. The Bertz CT molecular complexity index is 676. The van der Waals surface area contributed by atoms with Gasteiger partial charge in [0, 0.05) is 5.69 Å². The van der Waals surface area contributed by atoms with Crippen molar-refractivity contribution in [2.24, 2.45) is 0 Å². The fraction of sp³-hybridized carbons (Fsp3) is 0.471. The first-order valence-corrected chi connectivity index (χ1v) is 7.40. The van der Waals surface area contributed by atoms with Crippen LogP contribution < -0.4 is 4.74 Å². The zero-order valence-electron chi connectivity index (χ0n) is 13.1. The Balaban J connectivity index is 1.98. The van der Waals surface area contributed by atoms with Gasteiger partial charge in [-0.25, -0.2) is 0 Å². The van der Waals surface area contributed by atoms with E-state index < -0.39 is 6.10 Å². The number of rotatable bonds is 2. The van der Waals surface area contributed by atoms with E-state index in [0.29, 0.717) is 0 Å². The predicted octanol–water partition coefficient (Wildman–Crippen LogP) is 3.04. The molecule has 0 saturated heterocycles. The summed E-state index contributed by atoms with van der Waals surface area (Å²) in [5.74, 6) is 0.848. The van der Waals surface area contributed by atoms with Gasteiger partial charge in [-0.2, -0.15) is 5.10 Å². The molecule has 0 saturated carbocycles.